The van der Waals surface area contributed by atoms with Crippen LogP contribution in [0.2, 0.25) is 0 Å². The molecule has 6 aromatic rings. The molecule has 0 radical (unpaired) electrons. The molecule has 65 heavy (non-hydrogen) atoms. The van der Waals surface area contributed by atoms with E-state index < -0.39 is 17.3 Å². The number of anilines is 2. The Balaban J connectivity index is 0.000000195. The Morgan fingerprint density at radius 2 is 0.938 bits per heavy atom. The summed E-state index contributed by atoms with van der Waals surface area (Å²) in [5.74, 6) is 1.19. The minimum absolute atomic E-state index is 0.0646. The molecule has 4 heterocycles. The van der Waals surface area contributed by atoms with Gasteiger partial charge in [0, 0.05) is 34.8 Å². The third kappa shape index (κ3) is 11.2. The van der Waals surface area contributed by atoms with Crippen LogP contribution in [0.3, 0.4) is 0 Å². The first-order valence-corrected chi connectivity index (χ1v) is 22.6. The van der Waals surface area contributed by atoms with Crippen molar-refractivity contribution in [3.8, 4) is 45.0 Å². The van der Waals surface area contributed by atoms with Crippen LogP contribution in [0.1, 0.15) is 94.4 Å². The highest BCUT2D eigenvalue weighted by Crippen LogP contribution is 2.39. The van der Waals surface area contributed by atoms with Crippen molar-refractivity contribution >= 4 is 23.8 Å². The minimum atomic E-state index is -0.609. The molecular weight excluding hydrogens is 809 g/mol. The second-order valence-electron chi connectivity index (χ2n) is 19.1. The zero-order chi connectivity index (χ0) is 46.6. The molecule has 0 bridgehead atoms. The fraction of sp³-hybridized carbons (Fsp3) is 0.345. The average Bonchev–Trinajstić information content (AvgIpc) is 3.25. The molecule has 0 aliphatic carbocycles. The molecule has 10 heteroatoms. The van der Waals surface area contributed by atoms with E-state index in [0.29, 0.717) is 24.6 Å². The van der Waals surface area contributed by atoms with Gasteiger partial charge in [0.1, 0.15) is 11.2 Å². The number of fused-ring (bicyclic) bond motifs is 2. The van der Waals surface area contributed by atoms with Crippen molar-refractivity contribution in [2.24, 2.45) is 0 Å². The molecule has 2 amide bonds. The van der Waals surface area contributed by atoms with Crippen LogP contribution in [-0.2, 0) is 22.3 Å². The second-order valence-corrected chi connectivity index (χ2v) is 19.1. The predicted octanol–water partition coefficient (Wildman–Crippen LogP) is 13.2. The van der Waals surface area contributed by atoms with Crippen molar-refractivity contribution < 1.29 is 19.1 Å². The van der Waals surface area contributed by atoms with Gasteiger partial charge >= 0.3 is 12.2 Å². The first kappa shape index (κ1) is 46.3. The lowest BCUT2D eigenvalue weighted by atomic mass is 9.97. The summed E-state index contributed by atoms with van der Waals surface area (Å²) in [6, 6.07) is 33.1. The van der Waals surface area contributed by atoms with Crippen LogP contribution in [0.4, 0.5) is 21.2 Å². The lowest BCUT2D eigenvalue weighted by Gasteiger charge is -2.36. The summed E-state index contributed by atoms with van der Waals surface area (Å²) < 4.78 is 11.4. The maximum absolute atomic E-state index is 13.3. The van der Waals surface area contributed by atoms with E-state index in [1.807, 2.05) is 47.6 Å². The van der Waals surface area contributed by atoms with Gasteiger partial charge in [-0.25, -0.2) is 29.5 Å². The number of carbonyl (C=O) groups is 2. The SMILES string of the molecule is C=CCC1CCc2nc(-c3ccc(C)cc3)c(-c3ccc(C)cc3)nc2N1C(=O)OC(C)(C)C.Cc1ccc(-c2nc3c(nc2-c2ccc(C)cc2)N(C(=O)OC(C)(C)C)CCC3)cc1. The molecule has 0 saturated heterocycles. The van der Waals surface area contributed by atoms with E-state index in [9.17, 15) is 9.59 Å². The summed E-state index contributed by atoms with van der Waals surface area (Å²) in [5, 5.41) is 0. The molecule has 8 rings (SSSR count). The number of benzene rings is 4. The summed E-state index contributed by atoms with van der Waals surface area (Å²) in [7, 11) is 0. The minimum Gasteiger partial charge on any atom is -0.443 e. The Kier molecular flexibility index (Phi) is 13.7. The van der Waals surface area contributed by atoms with Crippen LogP contribution in [0, 0.1) is 27.7 Å². The first-order valence-electron chi connectivity index (χ1n) is 22.6. The predicted molar refractivity (Wildman–Crippen MR) is 262 cm³/mol. The van der Waals surface area contributed by atoms with E-state index in [0.717, 1.165) is 82.1 Å². The highest BCUT2D eigenvalue weighted by molar-refractivity contribution is 5.91. The van der Waals surface area contributed by atoms with Crippen molar-refractivity contribution in [2.45, 2.75) is 119 Å². The van der Waals surface area contributed by atoms with Gasteiger partial charge in [0.15, 0.2) is 11.6 Å². The Hall–Kier alpha value is -6.68. The number of nitrogens with zero attached hydrogens (tertiary/aromatic N) is 6. The maximum atomic E-state index is 13.3. The van der Waals surface area contributed by atoms with Crippen LogP contribution in [0.15, 0.2) is 110 Å². The Morgan fingerprint density at radius 1 is 0.569 bits per heavy atom. The number of amides is 2. The molecule has 336 valence electrons. The summed E-state index contributed by atoms with van der Waals surface area (Å²) in [6.45, 7) is 24.0. The lowest BCUT2D eigenvalue weighted by Crippen LogP contribution is -2.47. The van der Waals surface area contributed by atoms with E-state index in [-0.39, 0.29) is 12.1 Å². The molecule has 0 fully saturated rings. The van der Waals surface area contributed by atoms with E-state index in [2.05, 4.69) is 131 Å². The van der Waals surface area contributed by atoms with Gasteiger partial charge < -0.3 is 9.47 Å². The van der Waals surface area contributed by atoms with Crippen LogP contribution in [-0.4, -0.2) is 55.9 Å². The quantitative estimate of drug-likeness (QED) is 0.152. The van der Waals surface area contributed by atoms with Gasteiger partial charge in [-0.05, 0) is 101 Å². The fourth-order valence-corrected chi connectivity index (χ4v) is 7.89. The summed E-state index contributed by atoms with van der Waals surface area (Å²) >= 11 is 0. The topological polar surface area (TPSA) is 111 Å². The van der Waals surface area contributed by atoms with E-state index in [1.54, 1.807) is 9.80 Å². The Morgan fingerprint density at radius 3 is 1.34 bits per heavy atom. The molecule has 10 nitrogen and oxygen atoms in total. The van der Waals surface area contributed by atoms with Crippen LogP contribution >= 0.6 is 0 Å². The van der Waals surface area contributed by atoms with Gasteiger partial charge in [-0.2, -0.15) is 0 Å². The summed E-state index contributed by atoms with van der Waals surface area (Å²) in [6.07, 6.45) is 4.89. The molecule has 2 aliphatic rings. The monoisotopic (exact) mass is 870 g/mol. The molecular formula is C55H62N6O4. The number of hydrogen-bond acceptors (Lipinski definition) is 8. The maximum Gasteiger partial charge on any atom is 0.416 e. The third-order valence-electron chi connectivity index (χ3n) is 11.2. The molecule has 0 saturated carbocycles. The second kappa shape index (κ2) is 19.2. The van der Waals surface area contributed by atoms with Crippen LogP contribution < -0.4 is 9.80 Å². The normalized spacial score (nSPS) is 14.6. The zero-order valence-corrected chi connectivity index (χ0v) is 39.7. The number of rotatable bonds is 6. The van der Waals surface area contributed by atoms with Crippen LogP contribution in [0.25, 0.3) is 45.0 Å². The molecule has 0 N–H and O–H groups in total. The Labute approximate surface area is 384 Å². The molecule has 2 aromatic heterocycles. The van der Waals surface area contributed by atoms with Crippen LogP contribution in [0.5, 0.6) is 0 Å². The van der Waals surface area contributed by atoms with Crippen molar-refractivity contribution in [3.63, 3.8) is 0 Å². The largest absolute Gasteiger partial charge is 0.443 e. The number of aryl methyl sites for hydroxylation is 6. The Bertz CT molecular complexity index is 2660. The zero-order valence-electron chi connectivity index (χ0n) is 39.7. The highest BCUT2D eigenvalue weighted by Gasteiger charge is 2.37. The van der Waals surface area contributed by atoms with Gasteiger partial charge in [0.2, 0.25) is 0 Å². The first-order chi connectivity index (χ1) is 30.9. The fourth-order valence-electron chi connectivity index (χ4n) is 7.89. The van der Waals surface area contributed by atoms with E-state index >= 15 is 0 Å². The average molecular weight is 871 g/mol. The highest BCUT2D eigenvalue weighted by atomic mass is 16.6. The molecule has 4 aromatic carbocycles. The standard InChI is InChI=1S/C29H33N3O2.C26H29N3O2/c1-7-8-23-17-18-24-27(32(23)28(33)34-29(4,5)6)31-26(22-15-11-20(3)12-16-22)25(30-24)21-13-9-19(2)10-14-21;1-17-8-12-19(13-9-17)22-23(20-14-10-18(2)11-15-20)28-24-21(27-22)7-6-16-29(24)25(30)31-26(3,4)5/h7,9-16,23H,1,8,17-18H2,2-6H3;8-15H,6-7,16H2,1-5H3. The van der Waals surface area contributed by atoms with Gasteiger partial charge in [0.05, 0.1) is 34.2 Å². The molecule has 1 atom stereocenters. The third-order valence-corrected chi connectivity index (χ3v) is 11.2. The van der Waals surface area contributed by atoms with Crippen molar-refractivity contribution in [1.82, 2.24) is 19.9 Å². The van der Waals surface area contributed by atoms with Gasteiger partial charge in [-0.15, -0.1) is 6.58 Å². The number of ether oxygens (including phenoxy) is 2. The summed E-state index contributed by atoms with van der Waals surface area (Å²) in [5.41, 5.74) is 12.4. The van der Waals surface area contributed by atoms with Gasteiger partial charge in [0.25, 0.3) is 0 Å². The van der Waals surface area contributed by atoms with Crippen molar-refractivity contribution in [1.29, 1.82) is 0 Å². The van der Waals surface area contributed by atoms with Gasteiger partial charge in [-0.1, -0.05) is 125 Å². The number of carbonyl (C=O) groups excluding carboxylic acids is 2. The molecule has 1 unspecified atom stereocenters. The van der Waals surface area contributed by atoms with E-state index in [4.69, 9.17) is 29.4 Å². The van der Waals surface area contributed by atoms with Crippen molar-refractivity contribution in [2.75, 3.05) is 16.3 Å². The molecule has 0 spiro atoms. The summed E-state index contributed by atoms with van der Waals surface area (Å²) in [4.78, 5) is 49.8. The molecule has 2 aliphatic heterocycles. The van der Waals surface area contributed by atoms with E-state index in [1.165, 1.54) is 22.3 Å². The number of hydrogen-bond donors (Lipinski definition) is 0. The van der Waals surface area contributed by atoms with Crippen molar-refractivity contribution in [3.05, 3.63) is 143 Å². The smallest absolute Gasteiger partial charge is 0.416 e. The lowest BCUT2D eigenvalue weighted by molar-refractivity contribution is 0.0553. The van der Waals surface area contributed by atoms with Gasteiger partial charge in [-0.3, -0.25) is 9.80 Å². The number of aromatic nitrogens is 4.